The van der Waals surface area contributed by atoms with Crippen molar-refractivity contribution in [1.29, 1.82) is 0 Å². The summed E-state index contributed by atoms with van der Waals surface area (Å²) in [5, 5.41) is 9.24. The third-order valence-corrected chi connectivity index (χ3v) is 3.02. The quantitative estimate of drug-likeness (QED) is 0.863. The van der Waals surface area contributed by atoms with Gasteiger partial charge >= 0.3 is 11.9 Å². The standard InChI is InChI=1S/C14H14F2O4/c1-19-10-5-2-9(3-6-10)4-7-12-14(15,16)11(17)8-13(18)20-12/h2-7,11-12,17H,8H2,1H3/b7-4+/t11-,12+/m0/s1. The molecule has 1 aliphatic heterocycles. The third kappa shape index (κ3) is 2.96. The highest BCUT2D eigenvalue weighted by Gasteiger charge is 2.52. The lowest BCUT2D eigenvalue weighted by Crippen LogP contribution is -2.51. The van der Waals surface area contributed by atoms with E-state index in [9.17, 15) is 18.7 Å². The van der Waals surface area contributed by atoms with Crippen molar-refractivity contribution >= 4 is 12.0 Å². The lowest BCUT2D eigenvalue weighted by Gasteiger charge is -2.32. The average Bonchev–Trinajstić information content (AvgIpc) is 2.42. The molecular weight excluding hydrogens is 270 g/mol. The van der Waals surface area contributed by atoms with Crippen LogP contribution in [0.3, 0.4) is 0 Å². The van der Waals surface area contributed by atoms with Crippen LogP contribution < -0.4 is 4.74 Å². The molecule has 1 aliphatic rings. The number of benzene rings is 1. The van der Waals surface area contributed by atoms with Gasteiger partial charge in [0.05, 0.1) is 13.5 Å². The molecule has 0 unspecified atom stereocenters. The predicted molar refractivity (Wildman–Crippen MR) is 67.5 cm³/mol. The maximum absolute atomic E-state index is 13.7. The molecule has 20 heavy (non-hydrogen) atoms. The monoisotopic (exact) mass is 284 g/mol. The fraction of sp³-hybridized carbons (Fsp3) is 0.357. The van der Waals surface area contributed by atoms with Crippen LogP contribution in [0.15, 0.2) is 30.3 Å². The topological polar surface area (TPSA) is 55.8 Å². The van der Waals surface area contributed by atoms with E-state index in [2.05, 4.69) is 4.74 Å². The van der Waals surface area contributed by atoms with Gasteiger partial charge in [0.1, 0.15) is 11.9 Å². The summed E-state index contributed by atoms with van der Waals surface area (Å²) in [4.78, 5) is 11.1. The van der Waals surface area contributed by atoms with E-state index in [0.717, 1.165) is 6.08 Å². The molecule has 0 aliphatic carbocycles. The number of halogens is 2. The van der Waals surface area contributed by atoms with Crippen molar-refractivity contribution in [3.05, 3.63) is 35.9 Å². The van der Waals surface area contributed by atoms with Crippen LogP contribution in [0.2, 0.25) is 0 Å². The molecule has 0 amide bonds. The molecule has 108 valence electrons. The van der Waals surface area contributed by atoms with Crippen LogP contribution in [-0.2, 0) is 9.53 Å². The number of aliphatic hydroxyl groups excluding tert-OH is 1. The number of ether oxygens (including phenoxy) is 2. The van der Waals surface area contributed by atoms with Gasteiger partial charge < -0.3 is 14.6 Å². The van der Waals surface area contributed by atoms with Gasteiger partial charge in [-0.15, -0.1) is 0 Å². The summed E-state index contributed by atoms with van der Waals surface area (Å²) in [6.45, 7) is 0. The minimum absolute atomic E-state index is 0.645. The third-order valence-electron chi connectivity index (χ3n) is 3.02. The Balaban J connectivity index is 2.13. The number of cyclic esters (lactones) is 1. The van der Waals surface area contributed by atoms with Gasteiger partial charge in [0.2, 0.25) is 0 Å². The number of carbonyl (C=O) groups excluding carboxylic acids is 1. The second-order valence-electron chi connectivity index (χ2n) is 4.44. The number of aliphatic hydroxyl groups is 1. The number of hydrogen-bond acceptors (Lipinski definition) is 4. The Kier molecular flexibility index (Phi) is 4.04. The van der Waals surface area contributed by atoms with Gasteiger partial charge in [-0.05, 0) is 23.8 Å². The smallest absolute Gasteiger partial charge is 0.313 e. The van der Waals surface area contributed by atoms with E-state index in [1.165, 1.54) is 13.2 Å². The molecule has 4 nitrogen and oxygen atoms in total. The Morgan fingerprint density at radius 3 is 2.65 bits per heavy atom. The fourth-order valence-electron chi connectivity index (χ4n) is 1.83. The van der Waals surface area contributed by atoms with Crippen molar-refractivity contribution in [2.24, 2.45) is 0 Å². The molecule has 2 atom stereocenters. The number of esters is 1. The van der Waals surface area contributed by atoms with Gasteiger partial charge in [-0.1, -0.05) is 18.2 Å². The zero-order valence-electron chi connectivity index (χ0n) is 10.8. The summed E-state index contributed by atoms with van der Waals surface area (Å²) < 4.78 is 36.9. The van der Waals surface area contributed by atoms with Crippen molar-refractivity contribution in [3.8, 4) is 5.75 Å². The molecule has 1 aromatic carbocycles. The first-order valence-corrected chi connectivity index (χ1v) is 6.01. The van der Waals surface area contributed by atoms with Gasteiger partial charge in [-0.2, -0.15) is 8.78 Å². The Hall–Kier alpha value is -1.95. The molecule has 2 rings (SSSR count). The molecule has 0 bridgehead atoms. The fourth-order valence-corrected chi connectivity index (χ4v) is 1.83. The molecule has 0 saturated carbocycles. The van der Waals surface area contributed by atoms with E-state index in [1.54, 1.807) is 24.3 Å². The van der Waals surface area contributed by atoms with Gasteiger partial charge in [-0.3, -0.25) is 4.79 Å². The Labute approximate surface area is 114 Å². The van der Waals surface area contributed by atoms with Crippen LogP contribution in [0.1, 0.15) is 12.0 Å². The maximum atomic E-state index is 13.7. The summed E-state index contributed by atoms with van der Waals surface area (Å²) in [5.41, 5.74) is 0.651. The summed E-state index contributed by atoms with van der Waals surface area (Å²) in [6, 6.07) is 6.71. The van der Waals surface area contributed by atoms with E-state index in [-0.39, 0.29) is 0 Å². The first-order valence-electron chi connectivity index (χ1n) is 6.01. The molecule has 6 heteroatoms. The largest absolute Gasteiger partial charge is 0.497 e. The van der Waals surface area contributed by atoms with Gasteiger partial charge in [0.15, 0.2) is 6.10 Å². The number of methoxy groups -OCH3 is 1. The van der Waals surface area contributed by atoms with Crippen LogP contribution in [0.4, 0.5) is 8.78 Å². The summed E-state index contributed by atoms with van der Waals surface area (Å²) in [5.74, 6) is -3.68. The van der Waals surface area contributed by atoms with Crippen molar-refractivity contribution in [1.82, 2.24) is 0 Å². The number of alkyl halides is 2. The molecule has 1 N–H and O–H groups in total. The first-order chi connectivity index (χ1) is 9.43. The zero-order valence-corrected chi connectivity index (χ0v) is 10.8. The van der Waals surface area contributed by atoms with Crippen molar-refractivity contribution in [2.75, 3.05) is 7.11 Å². The number of hydrogen-bond donors (Lipinski definition) is 1. The van der Waals surface area contributed by atoms with Crippen LogP contribution in [-0.4, -0.2) is 36.3 Å². The molecular formula is C14H14F2O4. The molecule has 1 fully saturated rings. The molecule has 0 aromatic heterocycles. The maximum Gasteiger partial charge on any atom is 0.313 e. The van der Waals surface area contributed by atoms with Crippen LogP contribution >= 0.6 is 0 Å². The SMILES string of the molecule is COc1ccc(/C=C/[C@H]2OC(=O)C[C@H](O)C2(F)F)cc1. The van der Waals surface area contributed by atoms with E-state index in [1.807, 2.05) is 0 Å². The van der Waals surface area contributed by atoms with Crippen LogP contribution in [0.5, 0.6) is 5.75 Å². The Bertz CT molecular complexity index is 510. The molecule has 1 aromatic rings. The van der Waals surface area contributed by atoms with E-state index in [0.29, 0.717) is 11.3 Å². The summed E-state index contributed by atoms with van der Waals surface area (Å²) in [6.07, 6.45) is -2.00. The lowest BCUT2D eigenvalue weighted by atomic mass is 9.99. The van der Waals surface area contributed by atoms with E-state index >= 15 is 0 Å². The highest BCUT2D eigenvalue weighted by molar-refractivity contribution is 5.72. The van der Waals surface area contributed by atoms with Gasteiger partial charge in [0, 0.05) is 0 Å². The Morgan fingerprint density at radius 2 is 2.05 bits per heavy atom. The summed E-state index contributed by atoms with van der Waals surface area (Å²) in [7, 11) is 1.52. The van der Waals surface area contributed by atoms with Crippen molar-refractivity contribution < 1.29 is 28.2 Å². The predicted octanol–water partition coefficient (Wildman–Crippen LogP) is 2.02. The van der Waals surface area contributed by atoms with Crippen LogP contribution in [0, 0.1) is 0 Å². The van der Waals surface area contributed by atoms with E-state index < -0.39 is 30.5 Å². The van der Waals surface area contributed by atoms with Gasteiger partial charge in [0.25, 0.3) is 0 Å². The molecule has 0 radical (unpaired) electrons. The number of rotatable bonds is 3. The Morgan fingerprint density at radius 1 is 1.40 bits per heavy atom. The number of carbonyl (C=O) groups is 1. The highest BCUT2D eigenvalue weighted by atomic mass is 19.3. The second kappa shape index (κ2) is 5.58. The normalized spacial score (nSPS) is 25.5. The van der Waals surface area contributed by atoms with E-state index in [4.69, 9.17) is 4.74 Å². The second-order valence-corrected chi connectivity index (χ2v) is 4.44. The minimum atomic E-state index is -3.49. The first kappa shape index (κ1) is 14.5. The van der Waals surface area contributed by atoms with Crippen molar-refractivity contribution in [3.63, 3.8) is 0 Å². The average molecular weight is 284 g/mol. The summed E-state index contributed by atoms with van der Waals surface area (Å²) >= 11 is 0. The van der Waals surface area contributed by atoms with Crippen LogP contribution in [0.25, 0.3) is 6.08 Å². The zero-order chi connectivity index (χ0) is 14.8. The molecule has 1 saturated heterocycles. The molecule has 1 heterocycles. The lowest BCUT2D eigenvalue weighted by molar-refractivity contribution is -0.215. The van der Waals surface area contributed by atoms with Crippen molar-refractivity contribution in [2.45, 2.75) is 24.6 Å². The minimum Gasteiger partial charge on any atom is -0.497 e. The van der Waals surface area contributed by atoms with Gasteiger partial charge in [-0.25, -0.2) is 0 Å². The highest BCUT2D eigenvalue weighted by Crippen LogP contribution is 2.33. The molecule has 0 spiro atoms.